The predicted molar refractivity (Wildman–Crippen MR) is 119 cm³/mol. The molecule has 5 rings (SSSR count). The van der Waals surface area contributed by atoms with Crippen LogP contribution in [0.15, 0.2) is 58.3 Å². The zero-order valence-electron chi connectivity index (χ0n) is 18.0. The first-order chi connectivity index (χ1) is 15.9. The molecule has 8 nitrogen and oxygen atoms in total. The van der Waals surface area contributed by atoms with Crippen molar-refractivity contribution in [2.24, 2.45) is 7.05 Å². The number of aliphatic hydroxyl groups is 1. The van der Waals surface area contributed by atoms with Crippen LogP contribution in [0.5, 0.6) is 0 Å². The molecule has 0 unspecified atom stereocenters. The van der Waals surface area contributed by atoms with Crippen molar-refractivity contribution in [1.82, 2.24) is 19.7 Å². The SMILES string of the molecule is Cn1cc(-c2ccc(Cn3cc(C(=O)N[C@H]4CCC[C@@H]4O)c4occc4c3=O)c(F)c2)cn1. The highest BCUT2D eigenvalue weighted by Crippen LogP contribution is 2.24. The van der Waals surface area contributed by atoms with Crippen LogP contribution in [0.2, 0.25) is 0 Å². The lowest BCUT2D eigenvalue weighted by Crippen LogP contribution is -2.40. The first kappa shape index (κ1) is 21.1. The van der Waals surface area contributed by atoms with Gasteiger partial charge in [0.2, 0.25) is 0 Å². The fourth-order valence-electron chi connectivity index (χ4n) is 4.36. The van der Waals surface area contributed by atoms with Crippen LogP contribution in [0.1, 0.15) is 35.2 Å². The number of carbonyl (C=O) groups is 1. The Labute approximate surface area is 188 Å². The summed E-state index contributed by atoms with van der Waals surface area (Å²) in [5, 5.41) is 17.2. The lowest BCUT2D eigenvalue weighted by atomic mass is 10.1. The number of furan rings is 1. The number of benzene rings is 1. The van der Waals surface area contributed by atoms with Gasteiger partial charge < -0.3 is 19.4 Å². The van der Waals surface area contributed by atoms with Crippen LogP contribution in [-0.4, -0.2) is 37.5 Å². The Morgan fingerprint density at radius 2 is 2.12 bits per heavy atom. The van der Waals surface area contributed by atoms with Gasteiger partial charge in [0.15, 0.2) is 5.58 Å². The molecule has 1 saturated carbocycles. The third-order valence-corrected chi connectivity index (χ3v) is 6.16. The molecular weight excluding hydrogens is 427 g/mol. The maximum Gasteiger partial charge on any atom is 0.262 e. The number of carbonyl (C=O) groups excluding carboxylic acids is 1. The minimum absolute atomic E-state index is 0.0502. The van der Waals surface area contributed by atoms with E-state index in [-0.39, 0.29) is 34.7 Å². The van der Waals surface area contributed by atoms with E-state index in [1.807, 2.05) is 0 Å². The molecule has 2 atom stereocenters. The Kier molecular flexibility index (Phi) is 5.33. The molecule has 9 heteroatoms. The number of amides is 1. The second-order valence-corrected chi connectivity index (χ2v) is 8.43. The van der Waals surface area contributed by atoms with Crippen molar-refractivity contribution in [2.45, 2.75) is 38.0 Å². The van der Waals surface area contributed by atoms with Crippen molar-refractivity contribution in [1.29, 1.82) is 0 Å². The molecule has 170 valence electrons. The van der Waals surface area contributed by atoms with Gasteiger partial charge in [-0.1, -0.05) is 12.1 Å². The van der Waals surface area contributed by atoms with Gasteiger partial charge in [-0.25, -0.2) is 4.39 Å². The number of fused-ring (bicyclic) bond motifs is 1. The van der Waals surface area contributed by atoms with E-state index in [0.29, 0.717) is 24.0 Å². The summed E-state index contributed by atoms with van der Waals surface area (Å²) in [6, 6.07) is 5.95. The van der Waals surface area contributed by atoms with Gasteiger partial charge >= 0.3 is 0 Å². The molecule has 0 saturated heterocycles. The highest BCUT2D eigenvalue weighted by atomic mass is 19.1. The highest BCUT2D eigenvalue weighted by Gasteiger charge is 2.28. The molecule has 3 heterocycles. The molecule has 1 aliphatic rings. The normalized spacial score (nSPS) is 18.2. The number of rotatable bonds is 5. The van der Waals surface area contributed by atoms with Gasteiger partial charge in [-0.15, -0.1) is 0 Å². The van der Waals surface area contributed by atoms with Crippen molar-refractivity contribution in [2.75, 3.05) is 0 Å². The second-order valence-electron chi connectivity index (χ2n) is 8.43. The van der Waals surface area contributed by atoms with Gasteiger partial charge in [0, 0.05) is 30.6 Å². The predicted octanol–water partition coefficient (Wildman–Crippen LogP) is 2.83. The summed E-state index contributed by atoms with van der Waals surface area (Å²) in [7, 11) is 1.79. The Morgan fingerprint density at radius 1 is 1.27 bits per heavy atom. The number of hydrogen-bond donors (Lipinski definition) is 2. The number of nitrogens with one attached hydrogen (secondary N) is 1. The lowest BCUT2D eigenvalue weighted by molar-refractivity contribution is 0.0873. The van der Waals surface area contributed by atoms with E-state index in [0.717, 1.165) is 12.0 Å². The Morgan fingerprint density at radius 3 is 2.82 bits per heavy atom. The van der Waals surface area contributed by atoms with Crippen LogP contribution in [0, 0.1) is 5.82 Å². The summed E-state index contributed by atoms with van der Waals surface area (Å²) < 4.78 is 23.3. The summed E-state index contributed by atoms with van der Waals surface area (Å²) in [4.78, 5) is 25.9. The summed E-state index contributed by atoms with van der Waals surface area (Å²) >= 11 is 0. The van der Waals surface area contributed by atoms with Crippen molar-refractivity contribution in [3.63, 3.8) is 0 Å². The van der Waals surface area contributed by atoms with E-state index >= 15 is 0 Å². The molecule has 2 N–H and O–H groups in total. The van der Waals surface area contributed by atoms with E-state index in [4.69, 9.17) is 4.42 Å². The Bertz CT molecular complexity index is 1400. The van der Waals surface area contributed by atoms with Gasteiger partial charge in [-0.3, -0.25) is 14.3 Å². The Balaban J connectivity index is 1.48. The van der Waals surface area contributed by atoms with Gasteiger partial charge in [-0.2, -0.15) is 5.10 Å². The van der Waals surface area contributed by atoms with Gasteiger partial charge in [0.05, 0.1) is 42.1 Å². The molecule has 1 fully saturated rings. The van der Waals surface area contributed by atoms with Crippen molar-refractivity contribution in [3.8, 4) is 11.1 Å². The average molecular weight is 450 g/mol. The molecule has 4 aromatic rings. The molecule has 0 aliphatic heterocycles. The number of aliphatic hydroxyl groups excluding tert-OH is 1. The van der Waals surface area contributed by atoms with Crippen LogP contribution in [0.4, 0.5) is 4.39 Å². The number of nitrogens with zero attached hydrogens (tertiary/aromatic N) is 3. The molecule has 1 aromatic carbocycles. The monoisotopic (exact) mass is 450 g/mol. The van der Waals surface area contributed by atoms with Crippen LogP contribution in [-0.2, 0) is 13.6 Å². The third kappa shape index (κ3) is 3.95. The zero-order chi connectivity index (χ0) is 23.1. The summed E-state index contributed by atoms with van der Waals surface area (Å²) in [6.07, 6.45) is 7.73. The van der Waals surface area contributed by atoms with Crippen LogP contribution >= 0.6 is 0 Å². The molecule has 3 aromatic heterocycles. The van der Waals surface area contributed by atoms with E-state index in [9.17, 15) is 19.1 Å². The number of aromatic nitrogens is 3. The lowest BCUT2D eigenvalue weighted by Gasteiger charge is -2.17. The number of halogens is 1. The maximum atomic E-state index is 14.9. The van der Waals surface area contributed by atoms with E-state index in [1.54, 1.807) is 36.3 Å². The fourth-order valence-corrected chi connectivity index (χ4v) is 4.36. The van der Waals surface area contributed by atoms with Crippen molar-refractivity contribution < 1.29 is 18.7 Å². The molecule has 1 aliphatic carbocycles. The number of hydrogen-bond acceptors (Lipinski definition) is 5. The molecule has 0 spiro atoms. The topological polar surface area (TPSA) is 102 Å². The van der Waals surface area contributed by atoms with Gasteiger partial charge in [0.1, 0.15) is 5.82 Å². The zero-order valence-corrected chi connectivity index (χ0v) is 18.0. The molecule has 1 amide bonds. The highest BCUT2D eigenvalue weighted by molar-refractivity contribution is 6.04. The van der Waals surface area contributed by atoms with Gasteiger partial charge in [0.25, 0.3) is 11.5 Å². The first-order valence-corrected chi connectivity index (χ1v) is 10.8. The van der Waals surface area contributed by atoms with Crippen LogP contribution in [0.25, 0.3) is 22.1 Å². The minimum Gasteiger partial charge on any atom is -0.463 e. The van der Waals surface area contributed by atoms with E-state index in [2.05, 4.69) is 10.4 Å². The smallest absolute Gasteiger partial charge is 0.262 e. The largest absolute Gasteiger partial charge is 0.463 e. The molecular formula is C24H23FN4O4. The second kappa shape index (κ2) is 8.32. The standard InChI is InChI=1S/C24H23FN4O4/c1-28-11-16(10-26-28)14-5-6-15(19(25)9-14)12-29-13-18(22-17(24(29)32)7-8-33-22)23(31)27-20-3-2-4-21(20)30/h5-11,13,20-21,30H,2-4,12H2,1H3,(H,27,31)/t20-,21-/m0/s1. The first-order valence-electron chi connectivity index (χ1n) is 10.8. The van der Waals surface area contributed by atoms with Gasteiger partial charge in [-0.05, 0) is 37.0 Å². The van der Waals surface area contributed by atoms with E-state index in [1.165, 1.54) is 29.2 Å². The number of pyridine rings is 1. The van der Waals surface area contributed by atoms with Crippen LogP contribution in [0.3, 0.4) is 0 Å². The molecule has 0 bridgehead atoms. The fraction of sp³-hybridized carbons (Fsp3) is 0.292. The Hall–Kier alpha value is -3.72. The van der Waals surface area contributed by atoms with Crippen LogP contribution < -0.4 is 10.9 Å². The quantitative estimate of drug-likeness (QED) is 0.487. The summed E-state index contributed by atoms with van der Waals surface area (Å²) in [6.45, 7) is -0.0502. The minimum atomic E-state index is -0.598. The average Bonchev–Trinajstić information content (AvgIpc) is 3.53. The molecule has 0 radical (unpaired) electrons. The maximum absolute atomic E-state index is 14.9. The van der Waals surface area contributed by atoms with E-state index < -0.39 is 17.8 Å². The number of aryl methyl sites for hydroxylation is 1. The summed E-state index contributed by atoms with van der Waals surface area (Å²) in [5.74, 6) is -0.905. The van der Waals surface area contributed by atoms with Crippen molar-refractivity contribution >= 4 is 16.9 Å². The molecule has 33 heavy (non-hydrogen) atoms. The summed E-state index contributed by atoms with van der Waals surface area (Å²) in [5.41, 5.74) is 1.73. The third-order valence-electron chi connectivity index (χ3n) is 6.16. The van der Waals surface area contributed by atoms with Crippen molar-refractivity contribution in [3.05, 3.63) is 76.4 Å².